The van der Waals surface area contributed by atoms with E-state index in [1.165, 1.54) is 22.6 Å². The Morgan fingerprint density at radius 3 is 2.44 bits per heavy atom. The molecular weight excluding hydrogens is 214 g/mol. The highest BCUT2D eigenvalue weighted by Gasteiger charge is 2.23. The van der Waals surface area contributed by atoms with Crippen LogP contribution in [-0.2, 0) is 6.42 Å². The van der Waals surface area contributed by atoms with Gasteiger partial charge in [-0.1, -0.05) is 27.7 Å². The molecule has 1 aromatic heterocycles. The van der Waals surface area contributed by atoms with E-state index in [0.717, 1.165) is 6.54 Å². The Balaban J connectivity index is 2.50. The number of hydrogen-bond donors (Lipinski definition) is 1. The Bertz CT molecular complexity index is 309. The third-order valence-corrected chi connectivity index (χ3v) is 4.03. The first-order valence-corrected chi connectivity index (χ1v) is 7.04. The summed E-state index contributed by atoms with van der Waals surface area (Å²) in [6, 6.07) is 5.10. The van der Waals surface area contributed by atoms with Crippen molar-refractivity contribution in [3.05, 3.63) is 21.9 Å². The molecule has 0 aromatic carbocycles. The third kappa shape index (κ3) is 4.26. The first kappa shape index (κ1) is 13.7. The monoisotopic (exact) mass is 239 g/mol. The van der Waals surface area contributed by atoms with Gasteiger partial charge in [0.05, 0.1) is 0 Å². The standard InChI is InChI=1S/C14H25NS/c1-6-15-13(14(3,4)5)10-9-12-8-7-11(2)16-12/h7-8,13,15H,6,9-10H2,1-5H3. The van der Waals surface area contributed by atoms with Crippen LogP contribution in [0.3, 0.4) is 0 Å². The molecule has 0 aliphatic carbocycles. The van der Waals surface area contributed by atoms with Crippen LogP contribution in [0.1, 0.15) is 43.9 Å². The predicted molar refractivity (Wildman–Crippen MR) is 74.3 cm³/mol. The van der Waals surface area contributed by atoms with Crippen molar-refractivity contribution in [2.24, 2.45) is 5.41 Å². The van der Waals surface area contributed by atoms with Gasteiger partial charge in [-0.2, -0.15) is 0 Å². The minimum Gasteiger partial charge on any atom is -0.314 e. The van der Waals surface area contributed by atoms with Crippen LogP contribution in [0, 0.1) is 12.3 Å². The van der Waals surface area contributed by atoms with Gasteiger partial charge in [0.1, 0.15) is 0 Å². The third-order valence-electron chi connectivity index (χ3n) is 2.97. The number of hydrogen-bond acceptors (Lipinski definition) is 2. The lowest BCUT2D eigenvalue weighted by Gasteiger charge is -2.31. The molecular formula is C14H25NS. The van der Waals surface area contributed by atoms with Crippen LogP contribution in [0.4, 0.5) is 0 Å². The van der Waals surface area contributed by atoms with Crippen molar-refractivity contribution in [3.63, 3.8) is 0 Å². The molecule has 1 unspecified atom stereocenters. The summed E-state index contributed by atoms with van der Waals surface area (Å²) in [5, 5.41) is 3.60. The molecule has 0 bridgehead atoms. The molecule has 0 saturated carbocycles. The minimum absolute atomic E-state index is 0.350. The molecule has 2 heteroatoms. The Morgan fingerprint density at radius 2 is 2.00 bits per heavy atom. The number of nitrogens with one attached hydrogen (secondary N) is 1. The summed E-state index contributed by atoms with van der Waals surface area (Å²) in [6.45, 7) is 12.4. The van der Waals surface area contributed by atoms with Gasteiger partial charge in [0.15, 0.2) is 0 Å². The summed E-state index contributed by atoms with van der Waals surface area (Å²) in [5.41, 5.74) is 0.350. The first-order valence-electron chi connectivity index (χ1n) is 6.22. The van der Waals surface area contributed by atoms with Crippen molar-refractivity contribution >= 4 is 11.3 Å². The number of aryl methyl sites for hydroxylation is 2. The van der Waals surface area contributed by atoms with E-state index in [2.05, 4.69) is 52.1 Å². The average molecular weight is 239 g/mol. The highest BCUT2D eigenvalue weighted by atomic mass is 32.1. The van der Waals surface area contributed by atoms with E-state index >= 15 is 0 Å². The van der Waals surface area contributed by atoms with Gasteiger partial charge in [-0.25, -0.2) is 0 Å². The lowest BCUT2D eigenvalue weighted by molar-refractivity contribution is 0.259. The van der Waals surface area contributed by atoms with Crippen LogP contribution in [-0.4, -0.2) is 12.6 Å². The largest absolute Gasteiger partial charge is 0.314 e. The van der Waals surface area contributed by atoms with Crippen LogP contribution in [0.15, 0.2) is 12.1 Å². The summed E-state index contributed by atoms with van der Waals surface area (Å²) in [6.07, 6.45) is 2.44. The summed E-state index contributed by atoms with van der Waals surface area (Å²) >= 11 is 1.93. The van der Waals surface area contributed by atoms with Crippen LogP contribution >= 0.6 is 11.3 Å². The smallest absolute Gasteiger partial charge is 0.0119 e. The second-order valence-electron chi connectivity index (χ2n) is 5.53. The van der Waals surface area contributed by atoms with Crippen molar-refractivity contribution in [2.75, 3.05) is 6.54 Å². The van der Waals surface area contributed by atoms with E-state index in [4.69, 9.17) is 0 Å². The maximum absolute atomic E-state index is 3.60. The summed E-state index contributed by atoms with van der Waals surface area (Å²) in [7, 11) is 0. The van der Waals surface area contributed by atoms with Gasteiger partial charge < -0.3 is 5.32 Å². The van der Waals surface area contributed by atoms with Crippen molar-refractivity contribution in [3.8, 4) is 0 Å². The van der Waals surface area contributed by atoms with Crippen LogP contribution in [0.25, 0.3) is 0 Å². The molecule has 0 fully saturated rings. The van der Waals surface area contributed by atoms with Gasteiger partial charge in [-0.15, -0.1) is 11.3 Å². The molecule has 0 saturated heterocycles. The number of rotatable bonds is 5. The zero-order chi connectivity index (χ0) is 12.2. The van der Waals surface area contributed by atoms with Crippen LogP contribution < -0.4 is 5.32 Å². The van der Waals surface area contributed by atoms with E-state index in [1.54, 1.807) is 0 Å². The fraction of sp³-hybridized carbons (Fsp3) is 0.714. The molecule has 0 aliphatic rings. The molecule has 1 heterocycles. The maximum Gasteiger partial charge on any atom is 0.0119 e. The summed E-state index contributed by atoms with van der Waals surface area (Å²) in [5.74, 6) is 0. The Kier molecular flexibility index (Phi) is 5.00. The molecule has 92 valence electrons. The molecule has 1 nitrogen and oxygen atoms in total. The molecule has 1 rings (SSSR count). The van der Waals surface area contributed by atoms with Crippen molar-refractivity contribution in [1.29, 1.82) is 0 Å². The highest BCUT2D eigenvalue weighted by Crippen LogP contribution is 2.25. The molecule has 0 radical (unpaired) electrons. The SMILES string of the molecule is CCNC(CCc1ccc(C)s1)C(C)(C)C. The molecule has 0 aliphatic heterocycles. The van der Waals surface area contributed by atoms with Crippen molar-refractivity contribution in [2.45, 2.75) is 53.5 Å². The van der Waals surface area contributed by atoms with E-state index in [9.17, 15) is 0 Å². The zero-order valence-corrected chi connectivity index (χ0v) is 12.1. The van der Waals surface area contributed by atoms with Gasteiger partial charge in [0.25, 0.3) is 0 Å². The number of thiophene rings is 1. The first-order chi connectivity index (χ1) is 7.43. The Labute approximate surface area is 104 Å². The molecule has 1 N–H and O–H groups in total. The maximum atomic E-state index is 3.60. The van der Waals surface area contributed by atoms with Crippen LogP contribution in [0.2, 0.25) is 0 Å². The molecule has 1 atom stereocenters. The van der Waals surface area contributed by atoms with Gasteiger partial charge in [0.2, 0.25) is 0 Å². The van der Waals surface area contributed by atoms with E-state index in [1.807, 2.05) is 11.3 Å². The summed E-state index contributed by atoms with van der Waals surface area (Å²) < 4.78 is 0. The van der Waals surface area contributed by atoms with Crippen LogP contribution in [0.5, 0.6) is 0 Å². The zero-order valence-electron chi connectivity index (χ0n) is 11.3. The van der Waals surface area contributed by atoms with Gasteiger partial charge in [0, 0.05) is 15.8 Å². The van der Waals surface area contributed by atoms with Crippen molar-refractivity contribution in [1.82, 2.24) is 5.32 Å². The molecule has 1 aromatic rings. The fourth-order valence-corrected chi connectivity index (χ4v) is 2.90. The highest BCUT2D eigenvalue weighted by molar-refractivity contribution is 7.11. The van der Waals surface area contributed by atoms with E-state index < -0.39 is 0 Å². The molecule has 0 spiro atoms. The topological polar surface area (TPSA) is 12.0 Å². The fourth-order valence-electron chi connectivity index (χ4n) is 1.99. The molecule has 0 amide bonds. The van der Waals surface area contributed by atoms with Gasteiger partial charge in [-0.3, -0.25) is 0 Å². The molecule has 16 heavy (non-hydrogen) atoms. The second-order valence-corrected chi connectivity index (χ2v) is 6.90. The Morgan fingerprint density at radius 1 is 1.31 bits per heavy atom. The lowest BCUT2D eigenvalue weighted by atomic mass is 9.84. The average Bonchev–Trinajstić information content (AvgIpc) is 2.57. The Hall–Kier alpha value is -0.340. The van der Waals surface area contributed by atoms with E-state index in [0.29, 0.717) is 11.5 Å². The van der Waals surface area contributed by atoms with Gasteiger partial charge in [-0.05, 0) is 43.9 Å². The quantitative estimate of drug-likeness (QED) is 0.818. The minimum atomic E-state index is 0.350. The second kappa shape index (κ2) is 5.83. The normalized spacial score (nSPS) is 14.1. The predicted octanol–water partition coefficient (Wildman–Crippen LogP) is 4.01. The summed E-state index contributed by atoms with van der Waals surface area (Å²) in [4.78, 5) is 2.94. The van der Waals surface area contributed by atoms with Gasteiger partial charge >= 0.3 is 0 Å². The van der Waals surface area contributed by atoms with Crippen molar-refractivity contribution < 1.29 is 0 Å². The van der Waals surface area contributed by atoms with E-state index in [-0.39, 0.29) is 0 Å². The lowest BCUT2D eigenvalue weighted by Crippen LogP contribution is -2.40.